The fraction of sp³-hybridized carbons (Fsp3) is 0.500. The summed E-state index contributed by atoms with van der Waals surface area (Å²) in [6, 6.07) is 0. The molecule has 1 aliphatic rings. The van der Waals surface area contributed by atoms with Gasteiger partial charge in [-0.2, -0.15) is 9.36 Å². The van der Waals surface area contributed by atoms with E-state index < -0.39 is 5.97 Å². The number of carboxylic acid groups (broad SMARTS) is 1. The third-order valence-electron chi connectivity index (χ3n) is 2.20. The first-order valence-electron chi connectivity index (χ1n) is 4.73. The maximum atomic E-state index is 10.9. The summed E-state index contributed by atoms with van der Waals surface area (Å²) in [7, 11) is 0. The molecular formula is C8H10N4O3S. The molecule has 0 bridgehead atoms. The summed E-state index contributed by atoms with van der Waals surface area (Å²) in [6.45, 7) is 0. The summed E-state index contributed by atoms with van der Waals surface area (Å²) in [5, 5.41) is 12.7. The van der Waals surface area contributed by atoms with Crippen molar-refractivity contribution in [3.05, 3.63) is 5.82 Å². The van der Waals surface area contributed by atoms with E-state index in [9.17, 15) is 4.79 Å². The summed E-state index contributed by atoms with van der Waals surface area (Å²) in [5.41, 5.74) is 5.06. The Hall–Kier alpha value is -1.70. The average Bonchev–Trinajstić information content (AvgIpc) is 2.55. The van der Waals surface area contributed by atoms with E-state index in [2.05, 4.69) is 14.5 Å². The maximum Gasteiger partial charge on any atom is 0.362 e. The zero-order valence-electron chi connectivity index (χ0n) is 8.29. The number of hydrogen-bond acceptors (Lipinski definition) is 7. The van der Waals surface area contributed by atoms with Gasteiger partial charge in [-0.05, 0) is 19.3 Å². The predicted molar refractivity (Wildman–Crippen MR) is 57.2 cm³/mol. The van der Waals surface area contributed by atoms with E-state index in [1.54, 1.807) is 0 Å². The number of aromatic nitrogens is 2. The molecule has 1 aromatic rings. The van der Waals surface area contributed by atoms with Crippen LogP contribution >= 0.6 is 11.5 Å². The third-order valence-corrected chi connectivity index (χ3v) is 2.74. The van der Waals surface area contributed by atoms with Gasteiger partial charge >= 0.3 is 5.97 Å². The molecular weight excluding hydrogens is 232 g/mol. The minimum absolute atomic E-state index is 0.00526. The first kappa shape index (κ1) is 10.8. The highest BCUT2D eigenvalue weighted by Gasteiger charge is 2.22. The van der Waals surface area contributed by atoms with Crippen molar-refractivity contribution >= 4 is 28.3 Å². The molecule has 1 aliphatic carbocycles. The topological polar surface area (TPSA) is 111 Å². The number of anilines is 1. The molecule has 8 heteroatoms. The summed E-state index contributed by atoms with van der Waals surface area (Å²) >= 11 is 0.921. The van der Waals surface area contributed by atoms with Crippen molar-refractivity contribution in [1.29, 1.82) is 0 Å². The predicted octanol–water partition coefficient (Wildman–Crippen LogP) is 0.478. The Balaban J connectivity index is 2.12. The molecule has 1 fully saturated rings. The fourth-order valence-electron chi connectivity index (χ4n) is 1.11. The Bertz CT molecular complexity index is 427. The number of rotatable bonds is 4. The Morgan fingerprint density at radius 1 is 1.62 bits per heavy atom. The van der Waals surface area contributed by atoms with Gasteiger partial charge in [0, 0.05) is 11.5 Å². The Labute approximate surface area is 95.1 Å². The first-order valence-corrected chi connectivity index (χ1v) is 5.51. The fourth-order valence-corrected chi connectivity index (χ4v) is 1.54. The lowest BCUT2D eigenvalue weighted by atomic mass is 9.97. The van der Waals surface area contributed by atoms with Gasteiger partial charge in [-0.1, -0.05) is 5.16 Å². The van der Waals surface area contributed by atoms with Crippen LogP contribution in [0, 0.1) is 0 Å². The average molecular weight is 242 g/mol. The largest absolute Gasteiger partial charge is 0.476 e. The van der Waals surface area contributed by atoms with Gasteiger partial charge in [0.2, 0.25) is 11.5 Å². The maximum absolute atomic E-state index is 10.9. The van der Waals surface area contributed by atoms with Crippen molar-refractivity contribution in [2.45, 2.75) is 25.4 Å². The lowest BCUT2D eigenvalue weighted by Crippen LogP contribution is -2.22. The number of nitrogens with two attached hydrogens (primary N) is 1. The molecule has 0 unspecified atom stereocenters. The van der Waals surface area contributed by atoms with Gasteiger partial charge in [0.15, 0.2) is 5.13 Å². The van der Waals surface area contributed by atoms with Crippen LogP contribution in [0.15, 0.2) is 5.16 Å². The number of nitrogen functional groups attached to an aromatic ring is 1. The monoisotopic (exact) mass is 242 g/mol. The van der Waals surface area contributed by atoms with E-state index in [1.807, 2.05) is 0 Å². The van der Waals surface area contributed by atoms with Crippen LogP contribution in [-0.2, 0) is 9.63 Å². The van der Waals surface area contributed by atoms with Gasteiger partial charge in [0.25, 0.3) is 0 Å². The molecule has 2 rings (SSSR count). The summed E-state index contributed by atoms with van der Waals surface area (Å²) in [5.74, 6) is -1.23. The second kappa shape index (κ2) is 4.44. The summed E-state index contributed by atoms with van der Waals surface area (Å²) in [6.07, 6.45) is 2.92. The van der Waals surface area contributed by atoms with E-state index in [-0.39, 0.29) is 22.8 Å². The highest BCUT2D eigenvalue weighted by Crippen LogP contribution is 2.22. The number of carboxylic acids is 1. The normalized spacial score (nSPS) is 16.9. The van der Waals surface area contributed by atoms with E-state index >= 15 is 0 Å². The van der Waals surface area contributed by atoms with Crippen LogP contribution in [0.3, 0.4) is 0 Å². The van der Waals surface area contributed by atoms with Gasteiger partial charge < -0.3 is 15.7 Å². The first-order chi connectivity index (χ1) is 7.66. The van der Waals surface area contributed by atoms with Crippen LogP contribution in [0.2, 0.25) is 0 Å². The summed E-state index contributed by atoms with van der Waals surface area (Å²) in [4.78, 5) is 19.7. The molecule has 1 heterocycles. The van der Waals surface area contributed by atoms with Gasteiger partial charge in [-0.15, -0.1) is 0 Å². The number of oxime groups is 1. The minimum Gasteiger partial charge on any atom is -0.476 e. The van der Waals surface area contributed by atoms with Crippen molar-refractivity contribution in [1.82, 2.24) is 9.36 Å². The Morgan fingerprint density at radius 2 is 2.38 bits per heavy atom. The number of hydrogen-bond donors (Lipinski definition) is 2. The van der Waals surface area contributed by atoms with Crippen molar-refractivity contribution < 1.29 is 14.7 Å². The molecule has 0 atom stereocenters. The number of carbonyl (C=O) groups is 1. The molecule has 0 radical (unpaired) electrons. The van der Waals surface area contributed by atoms with E-state index in [0.29, 0.717) is 0 Å². The minimum atomic E-state index is -1.22. The lowest BCUT2D eigenvalue weighted by Gasteiger charge is -2.22. The van der Waals surface area contributed by atoms with Crippen molar-refractivity contribution in [2.75, 3.05) is 5.73 Å². The van der Waals surface area contributed by atoms with Crippen LogP contribution in [0.1, 0.15) is 25.1 Å². The van der Waals surface area contributed by atoms with Crippen LogP contribution in [0.5, 0.6) is 0 Å². The number of nitrogens with zero attached hydrogens (tertiary/aromatic N) is 3. The van der Waals surface area contributed by atoms with Crippen LogP contribution in [-0.4, -0.2) is 32.2 Å². The van der Waals surface area contributed by atoms with Crippen molar-refractivity contribution in [2.24, 2.45) is 5.16 Å². The lowest BCUT2D eigenvalue weighted by molar-refractivity contribution is -0.129. The molecule has 0 aliphatic heterocycles. The van der Waals surface area contributed by atoms with Gasteiger partial charge in [0.1, 0.15) is 6.10 Å². The molecule has 86 valence electrons. The van der Waals surface area contributed by atoms with Gasteiger partial charge in [-0.25, -0.2) is 4.79 Å². The molecule has 1 aromatic heterocycles. The standard InChI is InChI=1S/C8H10N4O3S/c9-8-10-6(12-16-8)5(7(13)14)11-15-4-2-1-3-4/h4H,1-3H2,(H,13,14)(H2,9,10,12)/b11-5-. The van der Waals surface area contributed by atoms with E-state index in [0.717, 1.165) is 30.8 Å². The Morgan fingerprint density at radius 3 is 2.81 bits per heavy atom. The molecule has 7 nitrogen and oxygen atoms in total. The van der Waals surface area contributed by atoms with Gasteiger partial charge in [-0.3, -0.25) is 0 Å². The van der Waals surface area contributed by atoms with E-state index in [4.69, 9.17) is 15.7 Å². The highest BCUT2D eigenvalue weighted by atomic mass is 32.1. The second-order valence-corrected chi connectivity index (χ2v) is 4.14. The molecule has 0 saturated heterocycles. The SMILES string of the molecule is Nc1nc(/C(=N/OC2CCC2)C(=O)O)ns1. The molecule has 0 aromatic carbocycles. The highest BCUT2D eigenvalue weighted by molar-refractivity contribution is 7.09. The molecule has 16 heavy (non-hydrogen) atoms. The Kier molecular flexibility index (Phi) is 3.00. The van der Waals surface area contributed by atoms with Crippen LogP contribution in [0.4, 0.5) is 5.13 Å². The van der Waals surface area contributed by atoms with Crippen molar-refractivity contribution in [3.63, 3.8) is 0 Å². The third kappa shape index (κ3) is 2.27. The van der Waals surface area contributed by atoms with Gasteiger partial charge in [0.05, 0.1) is 0 Å². The smallest absolute Gasteiger partial charge is 0.362 e. The van der Waals surface area contributed by atoms with Crippen molar-refractivity contribution in [3.8, 4) is 0 Å². The molecule has 1 saturated carbocycles. The van der Waals surface area contributed by atoms with E-state index in [1.165, 1.54) is 0 Å². The molecule has 0 amide bonds. The molecule has 3 N–H and O–H groups in total. The zero-order chi connectivity index (χ0) is 11.5. The molecule has 0 spiro atoms. The van der Waals surface area contributed by atoms with Crippen LogP contribution < -0.4 is 5.73 Å². The summed E-state index contributed by atoms with van der Waals surface area (Å²) < 4.78 is 3.77. The number of aliphatic carboxylic acids is 1. The zero-order valence-corrected chi connectivity index (χ0v) is 9.11. The second-order valence-electron chi connectivity index (χ2n) is 3.36. The van der Waals surface area contributed by atoms with Crippen LogP contribution in [0.25, 0.3) is 0 Å². The quantitative estimate of drug-likeness (QED) is 0.586.